The van der Waals surface area contributed by atoms with Gasteiger partial charge in [-0.1, -0.05) is 37.6 Å². The van der Waals surface area contributed by atoms with E-state index in [0.29, 0.717) is 13.1 Å². The van der Waals surface area contributed by atoms with Gasteiger partial charge in [-0.2, -0.15) is 0 Å². The van der Waals surface area contributed by atoms with E-state index in [1.807, 2.05) is 11.8 Å². The summed E-state index contributed by atoms with van der Waals surface area (Å²) in [7, 11) is 0. The summed E-state index contributed by atoms with van der Waals surface area (Å²) in [5.41, 5.74) is 8.15. The Kier molecular flexibility index (Phi) is 4.43. The quantitative estimate of drug-likeness (QED) is 0.852. The molecule has 4 nitrogen and oxygen atoms in total. The number of rotatable bonds is 5. The van der Waals surface area contributed by atoms with E-state index >= 15 is 0 Å². The SMILES string of the molecule is CCCc1ccc(C2CN(C(C)CN)C(=O)N2)cc1. The average Bonchev–Trinajstić information content (AvgIpc) is 2.81. The summed E-state index contributed by atoms with van der Waals surface area (Å²) < 4.78 is 0. The molecule has 0 bridgehead atoms. The van der Waals surface area contributed by atoms with E-state index in [1.165, 1.54) is 11.1 Å². The van der Waals surface area contributed by atoms with Crippen molar-refractivity contribution in [3.8, 4) is 0 Å². The zero-order valence-corrected chi connectivity index (χ0v) is 11.7. The van der Waals surface area contributed by atoms with E-state index in [9.17, 15) is 4.79 Å². The minimum absolute atomic E-state index is 0.0133. The fraction of sp³-hybridized carbons (Fsp3) is 0.533. The molecule has 4 heteroatoms. The molecule has 2 unspecified atom stereocenters. The molecule has 2 rings (SSSR count). The second kappa shape index (κ2) is 6.06. The summed E-state index contributed by atoms with van der Waals surface area (Å²) in [6.07, 6.45) is 2.26. The van der Waals surface area contributed by atoms with Crippen LogP contribution < -0.4 is 11.1 Å². The summed E-state index contributed by atoms with van der Waals surface area (Å²) in [6, 6.07) is 8.70. The molecule has 1 heterocycles. The number of nitrogens with one attached hydrogen (secondary N) is 1. The van der Waals surface area contributed by atoms with Crippen LogP contribution >= 0.6 is 0 Å². The summed E-state index contributed by atoms with van der Waals surface area (Å²) >= 11 is 0. The molecular weight excluding hydrogens is 238 g/mol. The molecule has 1 saturated heterocycles. The van der Waals surface area contributed by atoms with E-state index in [-0.39, 0.29) is 18.1 Å². The first-order chi connectivity index (χ1) is 9.15. The van der Waals surface area contributed by atoms with Crippen LogP contribution in [0.3, 0.4) is 0 Å². The molecule has 1 aromatic rings. The van der Waals surface area contributed by atoms with Crippen LogP contribution in [0, 0.1) is 0 Å². The lowest BCUT2D eigenvalue weighted by molar-refractivity contribution is 0.203. The molecule has 0 aromatic heterocycles. The molecule has 104 valence electrons. The van der Waals surface area contributed by atoms with Gasteiger partial charge in [0.05, 0.1) is 6.04 Å². The highest BCUT2D eigenvalue weighted by molar-refractivity contribution is 5.77. The largest absolute Gasteiger partial charge is 0.329 e. The molecular formula is C15H23N3O. The molecule has 0 saturated carbocycles. The topological polar surface area (TPSA) is 58.4 Å². The summed E-state index contributed by atoms with van der Waals surface area (Å²) in [5, 5.41) is 3.02. The van der Waals surface area contributed by atoms with Crippen molar-refractivity contribution in [3.05, 3.63) is 35.4 Å². The van der Waals surface area contributed by atoms with Gasteiger partial charge in [0, 0.05) is 19.1 Å². The molecule has 1 aliphatic rings. The van der Waals surface area contributed by atoms with E-state index < -0.39 is 0 Å². The van der Waals surface area contributed by atoms with Crippen molar-refractivity contribution < 1.29 is 4.79 Å². The first kappa shape index (κ1) is 13.9. The van der Waals surface area contributed by atoms with Crippen LogP contribution in [0.4, 0.5) is 4.79 Å². The Morgan fingerprint density at radius 1 is 1.42 bits per heavy atom. The normalized spacial score (nSPS) is 20.5. The predicted molar refractivity (Wildman–Crippen MR) is 76.9 cm³/mol. The number of amides is 2. The van der Waals surface area contributed by atoms with Crippen molar-refractivity contribution in [1.82, 2.24) is 10.2 Å². The maximum absolute atomic E-state index is 11.9. The van der Waals surface area contributed by atoms with Gasteiger partial charge in [0.25, 0.3) is 0 Å². The second-order valence-electron chi connectivity index (χ2n) is 5.23. The van der Waals surface area contributed by atoms with Crippen molar-refractivity contribution in [3.63, 3.8) is 0 Å². The number of carbonyl (C=O) groups is 1. The van der Waals surface area contributed by atoms with E-state index in [4.69, 9.17) is 5.73 Å². The van der Waals surface area contributed by atoms with Crippen LogP contribution in [-0.2, 0) is 6.42 Å². The Morgan fingerprint density at radius 2 is 2.11 bits per heavy atom. The zero-order chi connectivity index (χ0) is 13.8. The van der Waals surface area contributed by atoms with Gasteiger partial charge in [-0.15, -0.1) is 0 Å². The smallest absolute Gasteiger partial charge is 0.318 e. The van der Waals surface area contributed by atoms with Crippen LogP contribution in [0.25, 0.3) is 0 Å². The van der Waals surface area contributed by atoms with Gasteiger partial charge in [-0.3, -0.25) is 0 Å². The minimum Gasteiger partial charge on any atom is -0.329 e. The third-order valence-electron chi connectivity index (χ3n) is 3.73. The fourth-order valence-electron chi connectivity index (χ4n) is 2.46. The van der Waals surface area contributed by atoms with Gasteiger partial charge < -0.3 is 16.0 Å². The number of nitrogens with two attached hydrogens (primary N) is 1. The summed E-state index contributed by atoms with van der Waals surface area (Å²) in [5.74, 6) is 0. The monoisotopic (exact) mass is 261 g/mol. The lowest BCUT2D eigenvalue weighted by Gasteiger charge is -2.21. The lowest BCUT2D eigenvalue weighted by atomic mass is 10.0. The fourth-order valence-corrected chi connectivity index (χ4v) is 2.46. The van der Waals surface area contributed by atoms with Crippen LogP contribution in [0.1, 0.15) is 37.4 Å². The molecule has 3 N–H and O–H groups in total. The summed E-state index contributed by atoms with van der Waals surface area (Å²) in [6.45, 7) is 5.35. The van der Waals surface area contributed by atoms with Crippen LogP contribution in [-0.4, -0.2) is 30.1 Å². The molecule has 1 aliphatic heterocycles. The van der Waals surface area contributed by atoms with Crippen molar-refractivity contribution in [2.45, 2.75) is 38.8 Å². The van der Waals surface area contributed by atoms with Gasteiger partial charge in [0.15, 0.2) is 0 Å². The van der Waals surface area contributed by atoms with E-state index in [0.717, 1.165) is 12.8 Å². The van der Waals surface area contributed by atoms with Crippen molar-refractivity contribution in [2.24, 2.45) is 5.73 Å². The Morgan fingerprint density at radius 3 is 2.68 bits per heavy atom. The third-order valence-corrected chi connectivity index (χ3v) is 3.73. The van der Waals surface area contributed by atoms with E-state index in [1.54, 1.807) is 0 Å². The van der Waals surface area contributed by atoms with E-state index in [2.05, 4.69) is 36.5 Å². The molecule has 19 heavy (non-hydrogen) atoms. The van der Waals surface area contributed by atoms with Crippen molar-refractivity contribution in [2.75, 3.05) is 13.1 Å². The standard InChI is InChI=1S/C15H23N3O/c1-3-4-12-5-7-13(8-6-12)14-10-18(11(2)9-16)15(19)17-14/h5-8,11,14H,3-4,9-10,16H2,1-2H3,(H,17,19). The molecule has 2 atom stereocenters. The maximum Gasteiger partial charge on any atom is 0.318 e. The van der Waals surface area contributed by atoms with Gasteiger partial charge in [-0.05, 0) is 24.5 Å². The number of nitrogens with zero attached hydrogens (tertiary/aromatic N) is 1. The van der Waals surface area contributed by atoms with Gasteiger partial charge in [0.1, 0.15) is 0 Å². The van der Waals surface area contributed by atoms with Crippen molar-refractivity contribution in [1.29, 1.82) is 0 Å². The first-order valence-electron chi connectivity index (χ1n) is 7.01. The molecule has 1 aromatic carbocycles. The van der Waals surface area contributed by atoms with Crippen LogP contribution in [0.5, 0.6) is 0 Å². The molecule has 0 spiro atoms. The van der Waals surface area contributed by atoms with Gasteiger partial charge in [-0.25, -0.2) is 4.79 Å². The lowest BCUT2D eigenvalue weighted by Crippen LogP contribution is -2.40. The highest BCUT2D eigenvalue weighted by Crippen LogP contribution is 2.22. The van der Waals surface area contributed by atoms with Crippen LogP contribution in [0.15, 0.2) is 24.3 Å². The highest BCUT2D eigenvalue weighted by Gasteiger charge is 2.32. The highest BCUT2D eigenvalue weighted by atomic mass is 16.2. The third kappa shape index (κ3) is 3.07. The average molecular weight is 261 g/mol. The second-order valence-corrected chi connectivity index (χ2v) is 5.23. The Hall–Kier alpha value is -1.55. The Balaban J connectivity index is 2.05. The number of hydrogen-bond acceptors (Lipinski definition) is 2. The number of hydrogen-bond donors (Lipinski definition) is 2. The minimum atomic E-state index is -0.0133. The number of aryl methyl sites for hydroxylation is 1. The molecule has 2 amide bonds. The van der Waals surface area contributed by atoms with Gasteiger partial charge in [0.2, 0.25) is 0 Å². The predicted octanol–water partition coefficient (Wildman–Crippen LogP) is 2.05. The van der Waals surface area contributed by atoms with Crippen LogP contribution in [0.2, 0.25) is 0 Å². The van der Waals surface area contributed by atoms with Crippen molar-refractivity contribution >= 4 is 6.03 Å². The molecule has 0 radical (unpaired) electrons. The molecule has 0 aliphatic carbocycles. The Bertz CT molecular complexity index is 430. The Labute approximate surface area is 115 Å². The van der Waals surface area contributed by atoms with Gasteiger partial charge >= 0.3 is 6.03 Å². The number of carbonyl (C=O) groups excluding carboxylic acids is 1. The maximum atomic E-state index is 11.9. The molecule has 1 fully saturated rings. The first-order valence-corrected chi connectivity index (χ1v) is 7.01. The number of benzene rings is 1. The zero-order valence-electron chi connectivity index (χ0n) is 11.7. The summed E-state index contributed by atoms with van der Waals surface area (Å²) in [4.78, 5) is 13.7. The number of urea groups is 1.